The van der Waals surface area contributed by atoms with E-state index < -0.39 is 0 Å². The Bertz CT molecular complexity index is 1230. The summed E-state index contributed by atoms with van der Waals surface area (Å²) in [6.07, 6.45) is 2.62. The molecule has 0 aliphatic carbocycles. The van der Waals surface area contributed by atoms with E-state index in [2.05, 4.69) is 38.4 Å². The van der Waals surface area contributed by atoms with E-state index in [1.54, 1.807) is 0 Å². The van der Waals surface area contributed by atoms with Crippen LogP contribution in [0.25, 0.3) is 11.0 Å². The van der Waals surface area contributed by atoms with Crippen molar-refractivity contribution in [2.45, 2.75) is 39.8 Å². The van der Waals surface area contributed by atoms with Gasteiger partial charge in [-0.15, -0.1) is 0 Å². The molecule has 0 fully saturated rings. The van der Waals surface area contributed by atoms with Crippen molar-refractivity contribution >= 4 is 22.6 Å². The van der Waals surface area contributed by atoms with Gasteiger partial charge in [0.05, 0.1) is 29.0 Å². The van der Waals surface area contributed by atoms with E-state index in [1.165, 1.54) is 5.56 Å². The molecule has 0 aliphatic rings. The van der Waals surface area contributed by atoms with Crippen LogP contribution in [-0.2, 0) is 17.8 Å². The molecule has 6 nitrogen and oxygen atoms in total. The van der Waals surface area contributed by atoms with Gasteiger partial charge in [-0.05, 0) is 56.5 Å². The molecular formula is C27H31N5O. The van der Waals surface area contributed by atoms with Gasteiger partial charge in [-0.2, -0.15) is 0 Å². The molecule has 4 aromatic rings. The molecule has 1 N–H and O–H groups in total. The van der Waals surface area contributed by atoms with E-state index in [9.17, 15) is 4.79 Å². The van der Waals surface area contributed by atoms with Gasteiger partial charge in [0.25, 0.3) is 0 Å². The fourth-order valence-electron chi connectivity index (χ4n) is 4.20. The Morgan fingerprint density at radius 2 is 1.82 bits per heavy atom. The Labute approximate surface area is 195 Å². The van der Waals surface area contributed by atoms with Gasteiger partial charge >= 0.3 is 0 Å². The van der Waals surface area contributed by atoms with Crippen LogP contribution < -0.4 is 10.2 Å². The van der Waals surface area contributed by atoms with E-state index in [4.69, 9.17) is 0 Å². The average molecular weight is 442 g/mol. The van der Waals surface area contributed by atoms with Crippen LogP contribution in [0.3, 0.4) is 0 Å². The first-order valence-corrected chi connectivity index (χ1v) is 11.3. The number of rotatable bonds is 8. The van der Waals surface area contributed by atoms with Gasteiger partial charge in [0, 0.05) is 19.3 Å². The first-order chi connectivity index (χ1) is 15.9. The smallest absolute Gasteiger partial charge is 0.240 e. The molecule has 2 aromatic carbocycles. The zero-order chi connectivity index (χ0) is 23.4. The number of aromatic nitrogens is 3. The highest BCUT2D eigenvalue weighted by atomic mass is 16.2. The van der Waals surface area contributed by atoms with Crippen LogP contribution in [-0.4, -0.2) is 40.1 Å². The third-order valence-corrected chi connectivity index (χ3v) is 5.99. The van der Waals surface area contributed by atoms with E-state index in [-0.39, 0.29) is 18.5 Å². The number of anilines is 1. The van der Waals surface area contributed by atoms with Crippen molar-refractivity contribution in [2.75, 3.05) is 18.5 Å². The zero-order valence-corrected chi connectivity index (χ0v) is 19.7. The quantitative estimate of drug-likeness (QED) is 0.445. The largest absolute Gasteiger partial charge is 0.371 e. The second-order valence-electron chi connectivity index (χ2n) is 8.68. The van der Waals surface area contributed by atoms with Crippen molar-refractivity contribution < 1.29 is 4.79 Å². The summed E-state index contributed by atoms with van der Waals surface area (Å²) in [4.78, 5) is 24.4. The second kappa shape index (κ2) is 9.86. The SMILES string of the molecule is Cc1ccc(N(C)CC(Cc2ccccc2)NC(=O)Cn2c(C)nc3c(C)cccc32)cn1. The minimum Gasteiger partial charge on any atom is -0.371 e. The molecule has 0 saturated heterocycles. The number of imidazole rings is 1. The van der Waals surface area contributed by atoms with Crippen molar-refractivity contribution in [1.29, 1.82) is 0 Å². The highest BCUT2D eigenvalue weighted by molar-refractivity contribution is 5.83. The van der Waals surface area contributed by atoms with Crippen LogP contribution in [0, 0.1) is 20.8 Å². The Morgan fingerprint density at radius 3 is 2.55 bits per heavy atom. The average Bonchev–Trinajstić information content (AvgIpc) is 3.11. The highest BCUT2D eigenvalue weighted by Gasteiger charge is 2.18. The molecule has 0 spiro atoms. The van der Waals surface area contributed by atoms with Crippen LogP contribution >= 0.6 is 0 Å². The fraction of sp³-hybridized carbons (Fsp3) is 0.296. The van der Waals surface area contributed by atoms with Crippen molar-refractivity contribution in [3.8, 4) is 0 Å². The van der Waals surface area contributed by atoms with E-state index in [1.807, 2.05) is 81.0 Å². The molecule has 1 amide bonds. The maximum atomic E-state index is 13.2. The lowest BCUT2D eigenvalue weighted by Crippen LogP contribution is -2.45. The summed E-state index contributed by atoms with van der Waals surface area (Å²) >= 11 is 0. The Morgan fingerprint density at radius 1 is 1.03 bits per heavy atom. The third kappa shape index (κ3) is 5.40. The van der Waals surface area contributed by atoms with Crippen molar-refractivity contribution in [2.24, 2.45) is 0 Å². The molecule has 0 bridgehead atoms. The maximum Gasteiger partial charge on any atom is 0.240 e. The fourth-order valence-corrected chi connectivity index (χ4v) is 4.20. The van der Waals surface area contributed by atoms with Gasteiger partial charge in [0.2, 0.25) is 5.91 Å². The molecule has 1 unspecified atom stereocenters. The number of benzene rings is 2. The molecule has 2 heterocycles. The number of amides is 1. The Hall–Kier alpha value is -3.67. The number of para-hydroxylation sites is 1. The lowest BCUT2D eigenvalue weighted by molar-refractivity contribution is -0.122. The standard InChI is InChI=1S/C27H31N5O/c1-19-9-8-12-25-27(19)29-21(3)32(25)18-26(33)30-23(15-22-10-6-5-7-11-22)17-31(4)24-14-13-20(2)28-16-24/h5-14,16,23H,15,17-18H2,1-4H3,(H,30,33). The molecule has 0 radical (unpaired) electrons. The van der Waals surface area contributed by atoms with Crippen LogP contribution in [0.5, 0.6) is 0 Å². The molecular weight excluding hydrogens is 410 g/mol. The lowest BCUT2D eigenvalue weighted by atomic mass is 10.1. The molecule has 1 atom stereocenters. The van der Waals surface area contributed by atoms with Gasteiger partial charge in [0.1, 0.15) is 12.4 Å². The number of carbonyl (C=O) groups is 1. The number of pyridine rings is 1. The summed E-state index contributed by atoms with van der Waals surface area (Å²) in [5, 5.41) is 3.27. The summed E-state index contributed by atoms with van der Waals surface area (Å²) in [5.74, 6) is 0.826. The predicted molar refractivity (Wildman–Crippen MR) is 134 cm³/mol. The topological polar surface area (TPSA) is 63.1 Å². The summed E-state index contributed by atoms with van der Waals surface area (Å²) in [7, 11) is 2.03. The second-order valence-corrected chi connectivity index (χ2v) is 8.68. The van der Waals surface area contributed by atoms with Crippen molar-refractivity contribution in [3.05, 3.63) is 89.5 Å². The Kier molecular flexibility index (Phi) is 6.73. The third-order valence-electron chi connectivity index (χ3n) is 5.99. The molecule has 33 heavy (non-hydrogen) atoms. The molecule has 170 valence electrons. The van der Waals surface area contributed by atoms with Crippen LogP contribution in [0.2, 0.25) is 0 Å². The minimum atomic E-state index is -0.0527. The molecule has 0 saturated carbocycles. The van der Waals surface area contributed by atoms with Crippen molar-refractivity contribution in [1.82, 2.24) is 19.9 Å². The van der Waals surface area contributed by atoms with Gasteiger partial charge in [-0.3, -0.25) is 9.78 Å². The molecule has 2 aromatic heterocycles. The maximum absolute atomic E-state index is 13.2. The molecule has 4 rings (SSSR count). The van der Waals surface area contributed by atoms with E-state index >= 15 is 0 Å². The highest BCUT2D eigenvalue weighted by Crippen LogP contribution is 2.19. The first kappa shape index (κ1) is 22.5. The summed E-state index contributed by atoms with van der Waals surface area (Å²) in [6, 6.07) is 20.4. The monoisotopic (exact) mass is 441 g/mol. The normalized spacial score (nSPS) is 12.0. The summed E-state index contributed by atoms with van der Waals surface area (Å²) in [6.45, 7) is 6.89. The lowest BCUT2D eigenvalue weighted by Gasteiger charge is -2.27. The molecule has 6 heteroatoms. The number of fused-ring (bicyclic) bond motifs is 1. The summed E-state index contributed by atoms with van der Waals surface area (Å²) in [5.41, 5.74) is 6.27. The Balaban J connectivity index is 1.52. The zero-order valence-electron chi connectivity index (χ0n) is 19.7. The van der Waals surface area contributed by atoms with Gasteiger partial charge < -0.3 is 14.8 Å². The number of hydrogen-bond acceptors (Lipinski definition) is 4. The van der Waals surface area contributed by atoms with Crippen molar-refractivity contribution in [3.63, 3.8) is 0 Å². The minimum absolute atomic E-state index is 0.0183. The number of nitrogens with zero attached hydrogens (tertiary/aromatic N) is 4. The van der Waals surface area contributed by atoms with Crippen LogP contribution in [0.4, 0.5) is 5.69 Å². The number of carbonyl (C=O) groups excluding carboxylic acids is 1. The number of likely N-dealkylation sites (N-methyl/N-ethyl adjacent to an activating group) is 1. The number of nitrogens with one attached hydrogen (secondary N) is 1. The first-order valence-electron chi connectivity index (χ1n) is 11.3. The predicted octanol–water partition coefficient (Wildman–Crippen LogP) is 4.22. The van der Waals surface area contributed by atoms with Crippen LogP contribution in [0.15, 0.2) is 66.9 Å². The van der Waals surface area contributed by atoms with Gasteiger partial charge in [-0.25, -0.2) is 4.98 Å². The number of aryl methyl sites for hydroxylation is 3. The molecule has 0 aliphatic heterocycles. The van der Waals surface area contributed by atoms with Gasteiger partial charge in [-0.1, -0.05) is 42.5 Å². The van der Waals surface area contributed by atoms with E-state index in [0.29, 0.717) is 6.54 Å². The van der Waals surface area contributed by atoms with Gasteiger partial charge in [0.15, 0.2) is 0 Å². The van der Waals surface area contributed by atoms with Crippen LogP contribution in [0.1, 0.15) is 22.6 Å². The summed E-state index contributed by atoms with van der Waals surface area (Å²) < 4.78 is 1.99. The van der Waals surface area contributed by atoms with E-state index in [0.717, 1.165) is 40.2 Å². The number of hydrogen-bond donors (Lipinski definition) is 1.